The molecule has 0 spiro atoms. The number of benzene rings is 1. The van der Waals surface area contributed by atoms with E-state index < -0.39 is 18.0 Å². The summed E-state index contributed by atoms with van der Waals surface area (Å²) in [4.78, 5) is 0. The van der Waals surface area contributed by atoms with Crippen molar-refractivity contribution in [1.82, 2.24) is 0 Å². The normalized spacial score (nSPS) is 14.3. The van der Waals surface area contributed by atoms with Crippen LogP contribution in [-0.4, -0.2) is 36.1 Å². The quantitative estimate of drug-likeness (QED) is 0.590. The minimum atomic E-state index is -1.31. The lowest BCUT2D eigenvalue weighted by molar-refractivity contribution is 0.0147. The van der Waals surface area contributed by atoms with Crippen LogP contribution in [-0.2, 0) is 4.74 Å². The van der Waals surface area contributed by atoms with Crippen LogP contribution in [0.5, 0.6) is 5.75 Å². The summed E-state index contributed by atoms with van der Waals surface area (Å²) in [5.74, 6) is -0.170. The van der Waals surface area contributed by atoms with Crippen molar-refractivity contribution in [3.05, 3.63) is 29.6 Å². The van der Waals surface area contributed by atoms with E-state index in [0.717, 1.165) is 6.07 Å². The van der Waals surface area contributed by atoms with Crippen LogP contribution in [0.1, 0.15) is 18.1 Å². The Morgan fingerprint density at radius 3 is 2.67 bits per heavy atom. The second kappa shape index (κ2) is 7.53. The molecule has 1 rings (SSSR count). The molecule has 0 aromatic heterocycles. The number of ether oxygens (including phenoxy) is 2. The average molecular weight is 279 g/mol. The molecule has 1 aromatic rings. The van der Waals surface area contributed by atoms with Gasteiger partial charge < -0.3 is 19.7 Å². The maximum absolute atomic E-state index is 13.7. The molecule has 4 nitrogen and oxygen atoms in total. The molecule has 0 amide bonds. The molecular weight excluding hydrogens is 263 g/mol. The van der Waals surface area contributed by atoms with Gasteiger partial charge in [0.25, 0.3) is 0 Å². The first-order valence-electron chi connectivity index (χ1n) is 5.43. The molecule has 0 heterocycles. The zero-order valence-electron chi connectivity index (χ0n) is 9.97. The van der Waals surface area contributed by atoms with Crippen molar-refractivity contribution in [2.45, 2.75) is 18.6 Å². The van der Waals surface area contributed by atoms with E-state index in [4.69, 9.17) is 16.3 Å². The highest BCUT2D eigenvalue weighted by atomic mass is 35.5. The van der Waals surface area contributed by atoms with Gasteiger partial charge in [-0.15, -0.1) is 11.6 Å². The summed E-state index contributed by atoms with van der Waals surface area (Å²) in [7, 11) is 1.46. The average Bonchev–Trinajstić information content (AvgIpc) is 2.36. The van der Waals surface area contributed by atoms with Gasteiger partial charge in [0.15, 0.2) is 6.79 Å². The standard InChI is InChI=1S/C12H16ClFO4/c1-17-7-18-8-2-3-9(10(14)6-8)12(16)11(15)4-5-13/h2-3,6,11-12,15-16H,4-5,7H2,1H3. The summed E-state index contributed by atoms with van der Waals surface area (Å²) >= 11 is 5.45. The molecule has 102 valence electrons. The maximum atomic E-state index is 13.7. The molecule has 0 saturated carbocycles. The van der Waals surface area contributed by atoms with E-state index in [2.05, 4.69) is 4.74 Å². The number of alkyl halides is 1. The summed E-state index contributed by atoms with van der Waals surface area (Å²) in [5.41, 5.74) is 0.0115. The van der Waals surface area contributed by atoms with Gasteiger partial charge >= 0.3 is 0 Å². The molecule has 0 saturated heterocycles. The van der Waals surface area contributed by atoms with E-state index in [1.165, 1.54) is 19.2 Å². The van der Waals surface area contributed by atoms with Crippen LogP contribution in [0.3, 0.4) is 0 Å². The first kappa shape index (κ1) is 15.2. The number of hydrogen-bond donors (Lipinski definition) is 2. The van der Waals surface area contributed by atoms with Crippen molar-refractivity contribution in [2.75, 3.05) is 19.8 Å². The molecule has 0 aliphatic heterocycles. The van der Waals surface area contributed by atoms with Crippen molar-refractivity contribution in [2.24, 2.45) is 0 Å². The minimum Gasteiger partial charge on any atom is -0.467 e. The van der Waals surface area contributed by atoms with Crippen molar-refractivity contribution >= 4 is 11.6 Å². The molecule has 6 heteroatoms. The number of hydrogen-bond acceptors (Lipinski definition) is 4. The fourth-order valence-corrected chi connectivity index (χ4v) is 1.66. The maximum Gasteiger partial charge on any atom is 0.188 e. The van der Waals surface area contributed by atoms with Crippen LogP contribution < -0.4 is 4.74 Å². The summed E-state index contributed by atoms with van der Waals surface area (Å²) in [6.45, 7) is 0.0101. The van der Waals surface area contributed by atoms with Crippen LogP contribution in [0.25, 0.3) is 0 Å². The molecule has 0 aliphatic carbocycles. The highest BCUT2D eigenvalue weighted by molar-refractivity contribution is 6.17. The van der Waals surface area contributed by atoms with E-state index in [1.807, 2.05) is 0 Å². The monoisotopic (exact) mass is 278 g/mol. The van der Waals surface area contributed by atoms with Crippen molar-refractivity contribution < 1.29 is 24.1 Å². The molecule has 0 radical (unpaired) electrons. The van der Waals surface area contributed by atoms with Gasteiger partial charge in [0, 0.05) is 24.6 Å². The molecule has 0 fully saturated rings. The lowest BCUT2D eigenvalue weighted by atomic mass is 10.0. The van der Waals surface area contributed by atoms with Gasteiger partial charge in [-0.2, -0.15) is 0 Å². The van der Waals surface area contributed by atoms with E-state index in [1.54, 1.807) is 0 Å². The number of aliphatic hydroxyl groups excluding tert-OH is 2. The van der Waals surface area contributed by atoms with Gasteiger partial charge in [-0.05, 0) is 18.6 Å². The SMILES string of the molecule is COCOc1ccc(C(O)C(O)CCCl)c(F)c1. The Morgan fingerprint density at radius 2 is 2.11 bits per heavy atom. The number of aliphatic hydroxyl groups is 2. The van der Waals surface area contributed by atoms with E-state index in [9.17, 15) is 14.6 Å². The van der Waals surface area contributed by atoms with Crippen LogP contribution in [0.4, 0.5) is 4.39 Å². The zero-order valence-corrected chi connectivity index (χ0v) is 10.7. The Morgan fingerprint density at radius 1 is 1.39 bits per heavy atom. The number of rotatable bonds is 7. The Bertz CT molecular complexity index is 375. The third-order valence-corrected chi connectivity index (χ3v) is 2.62. The van der Waals surface area contributed by atoms with E-state index in [-0.39, 0.29) is 30.4 Å². The van der Waals surface area contributed by atoms with Crippen LogP contribution in [0.15, 0.2) is 18.2 Å². The first-order valence-corrected chi connectivity index (χ1v) is 5.97. The second-order valence-corrected chi connectivity index (χ2v) is 4.10. The lowest BCUT2D eigenvalue weighted by Crippen LogP contribution is -2.19. The highest BCUT2D eigenvalue weighted by Crippen LogP contribution is 2.25. The highest BCUT2D eigenvalue weighted by Gasteiger charge is 2.21. The predicted molar refractivity (Wildman–Crippen MR) is 65.2 cm³/mol. The molecular formula is C12H16ClFO4. The zero-order chi connectivity index (χ0) is 13.5. The lowest BCUT2D eigenvalue weighted by Gasteiger charge is -2.18. The van der Waals surface area contributed by atoms with Gasteiger partial charge in [-0.25, -0.2) is 4.39 Å². The molecule has 2 atom stereocenters. The number of halogens is 2. The molecule has 2 N–H and O–H groups in total. The van der Waals surface area contributed by atoms with Crippen molar-refractivity contribution in [3.8, 4) is 5.75 Å². The van der Waals surface area contributed by atoms with E-state index >= 15 is 0 Å². The first-order chi connectivity index (χ1) is 8.60. The van der Waals surface area contributed by atoms with Crippen LogP contribution in [0.2, 0.25) is 0 Å². The Hall–Kier alpha value is -0.880. The van der Waals surface area contributed by atoms with Crippen LogP contribution in [0, 0.1) is 5.82 Å². The van der Waals surface area contributed by atoms with Crippen molar-refractivity contribution in [1.29, 1.82) is 0 Å². The van der Waals surface area contributed by atoms with Crippen molar-refractivity contribution in [3.63, 3.8) is 0 Å². The second-order valence-electron chi connectivity index (χ2n) is 3.72. The largest absolute Gasteiger partial charge is 0.467 e. The van der Waals surface area contributed by atoms with E-state index in [0.29, 0.717) is 0 Å². The molecule has 1 aromatic carbocycles. The fourth-order valence-electron chi connectivity index (χ4n) is 1.44. The Labute approximate surface area is 110 Å². The number of methoxy groups -OCH3 is 1. The van der Waals surface area contributed by atoms with Gasteiger partial charge in [0.1, 0.15) is 17.7 Å². The third kappa shape index (κ3) is 4.10. The molecule has 0 bridgehead atoms. The van der Waals surface area contributed by atoms with Crippen LogP contribution >= 0.6 is 11.6 Å². The topological polar surface area (TPSA) is 58.9 Å². The third-order valence-electron chi connectivity index (χ3n) is 2.40. The fraction of sp³-hybridized carbons (Fsp3) is 0.500. The van der Waals surface area contributed by atoms with Gasteiger partial charge in [0.05, 0.1) is 6.10 Å². The molecule has 0 aliphatic rings. The summed E-state index contributed by atoms with van der Waals surface area (Å²) in [6, 6.07) is 3.99. The summed E-state index contributed by atoms with van der Waals surface area (Å²) < 4.78 is 23.4. The smallest absolute Gasteiger partial charge is 0.188 e. The molecule has 18 heavy (non-hydrogen) atoms. The minimum absolute atomic E-state index is 0.0101. The Balaban J connectivity index is 2.78. The summed E-state index contributed by atoms with van der Waals surface area (Å²) in [5, 5.41) is 19.3. The summed E-state index contributed by atoms with van der Waals surface area (Å²) in [6.07, 6.45) is -2.22. The molecule has 2 unspecified atom stereocenters. The predicted octanol–water partition coefficient (Wildman–Crippen LogP) is 1.83. The van der Waals surface area contributed by atoms with Gasteiger partial charge in [-0.1, -0.05) is 0 Å². The van der Waals surface area contributed by atoms with Gasteiger partial charge in [0.2, 0.25) is 0 Å². The Kier molecular flexibility index (Phi) is 6.35. The van der Waals surface area contributed by atoms with Gasteiger partial charge in [-0.3, -0.25) is 0 Å².